The molecule has 1 aromatic rings. The van der Waals surface area contributed by atoms with Gasteiger partial charge in [-0.3, -0.25) is 0 Å². The second-order valence-electron chi connectivity index (χ2n) is 2.71. The van der Waals surface area contributed by atoms with Gasteiger partial charge in [-0.05, 0) is 12.5 Å². The second kappa shape index (κ2) is 5.36. The zero-order valence-electron chi connectivity index (χ0n) is 7.94. The molecular formula is C10H10ClNO3. The lowest BCUT2D eigenvalue weighted by atomic mass is 10.3. The Morgan fingerprint density at radius 2 is 2.40 bits per heavy atom. The van der Waals surface area contributed by atoms with Gasteiger partial charge < -0.3 is 9.84 Å². The Labute approximate surface area is 92.2 Å². The SMILES string of the molecule is C=CCCOc1ccc(Cl)c(C(=O)O)n1. The van der Waals surface area contributed by atoms with Crippen LogP contribution in [-0.2, 0) is 0 Å². The van der Waals surface area contributed by atoms with Crippen molar-refractivity contribution in [2.45, 2.75) is 6.42 Å². The third-order valence-corrected chi connectivity index (χ3v) is 1.90. The molecule has 0 radical (unpaired) electrons. The van der Waals surface area contributed by atoms with Gasteiger partial charge in [0.15, 0.2) is 5.69 Å². The van der Waals surface area contributed by atoms with Crippen molar-refractivity contribution in [3.8, 4) is 5.88 Å². The number of halogens is 1. The fourth-order valence-corrected chi connectivity index (χ4v) is 1.09. The van der Waals surface area contributed by atoms with Gasteiger partial charge in [0.2, 0.25) is 5.88 Å². The van der Waals surface area contributed by atoms with Gasteiger partial charge in [-0.2, -0.15) is 0 Å². The van der Waals surface area contributed by atoms with Crippen LogP contribution in [0, 0.1) is 0 Å². The zero-order valence-corrected chi connectivity index (χ0v) is 8.70. The van der Waals surface area contributed by atoms with E-state index in [2.05, 4.69) is 11.6 Å². The van der Waals surface area contributed by atoms with Crippen molar-refractivity contribution in [3.63, 3.8) is 0 Å². The van der Waals surface area contributed by atoms with Crippen molar-refractivity contribution in [2.75, 3.05) is 6.61 Å². The number of carboxylic acid groups (broad SMARTS) is 1. The lowest BCUT2D eigenvalue weighted by Gasteiger charge is -2.04. The van der Waals surface area contributed by atoms with E-state index in [4.69, 9.17) is 21.4 Å². The number of pyridine rings is 1. The van der Waals surface area contributed by atoms with Crippen LogP contribution in [0.25, 0.3) is 0 Å². The van der Waals surface area contributed by atoms with Crippen LogP contribution in [-0.4, -0.2) is 22.7 Å². The Morgan fingerprint density at radius 1 is 1.67 bits per heavy atom. The Morgan fingerprint density at radius 3 is 3.00 bits per heavy atom. The molecule has 0 aliphatic heterocycles. The predicted octanol–water partition coefficient (Wildman–Crippen LogP) is 2.39. The molecular weight excluding hydrogens is 218 g/mol. The number of carboxylic acids is 1. The van der Waals surface area contributed by atoms with Crippen molar-refractivity contribution >= 4 is 17.6 Å². The van der Waals surface area contributed by atoms with E-state index >= 15 is 0 Å². The highest BCUT2D eigenvalue weighted by atomic mass is 35.5. The van der Waals surface area contributed by atoms with Crippen LogP contribution >= 0.6 is 11.6 Å². The lowest BCUT2D eigenvalue weighted by molar-refractivity contribution is 0.0689. The van der Waals surface area contributed by atoms with Crippen LogP contribution in [0.5, 0.6) is 5.88 Å². The molecule has 1 rings (SSSR count). The standard InChI is InChI=1S/C10H10ClNO3/c1-2-3-6-15-8-5-4-7(11)9(12-8)10(13)14/h2,4-5H,1,3,6H2,(H,13,14). The molecule has 0 bridgehead atoms. The Bertz CT molecular complexity index is 379. The van der Waals surface area contributed by atoms with E-state index < -0.39 is 5.97 Å². The van der Waals surface area contributed by atoms with E-state index in [9.17, 15) is 4.79 Å². The molecule has 0 aliphatic carbocycles. The highest BCUT2D eigenvalue weighted by molar-refractivity contribution is 6.33. The van der Waals surface area contributed by atoms with E-state index in [1.54, 1.807) is 6.08 Å². The van der Waals surface area contributed by atoms with Gasteiger partial charge in [-0.1, -0.05) is 17.7 Å². The number of aromatic nitrogens is 1. The molecule has 80 valence electrons. The fraction of sp³-hybridized carbons (Fsp3) is 0.200. The smallest absolute Gasteiger partial charge is 0.356 e. The van der Waals surface area contributed by atoms with Crippen molar-refractivity contribution in [2.24, 2.45) is 0 Å². The maximum absolute atomic E-state index is 10.7. The van der Waals surface area contributed by atoms with Crippen LogP contribution in [0.3, 0.4) is 0 Å². The largest absolute Gasteiger partial charge is 0.477 e. The third-order valence-electron chi connectivity index (χ3n) is 1.59. The molecule has 1 aromatic heterocycles. The Hall–Kier alpha value is -1.55. The summed E-state index contributed by atoms with van der Waals surface area (Å²) in [5.74, 6) is -0.923. The normalized spacial score (nSPS) is 9.67. The van der Waals surface area contributed by atoms with Crippen molar-refractivity contribution in [1.82, 2.24) is 4.98 Å². The lowest BCUT2D eigenvalue weighted by Crippen LogP contribution is -2.04. The van der Waals surface area contributed by atoms with Gasteiger partial charge in [0.1, 0.15) is 0 Å². The molecule has 15 heavy (non-hydrogen) atoms. The minimum atomic E-state index is -1.17. The van der Waals surface area contributed by atoms with Gasteiger partial charge in [0, 0.05) is 6.07 Å². The topological polar surface area (TPSA) is 59.4 Å². The molecule has 0 saturated carbocycles. The first-order valence-electron chi connectivity index (χ1n) is 4.28. The van der Waals surface area contributed by atoms with Crippen LogP contribution in [0.15, 0.2) is 24.8 Å². The van der Waals surface area contributed by atoms with Crippen LogP contribution in [0.4, 0.5) is 0 Å². The average molecular weight is 228 g/mol. The first kappa shape index (κ1) is 11.5. The summed E-state index contributed by atoms with van der Waals surface area (Å²) in [6.07, 6.45) is 2.38. The first-order valence-corrected chi connectivity index (χ1v) is 4.66. The van der Waals surface area contributed by atoms with Gasteiger partial charge in [0.05, 0.1) is 11.6 Å². The zero-order chi connectivity index (χ0) is 11.3. The van der Waals surface area contributed by atoms with Gasteiger partial charge in [0.25, 0.3) is 0 Å². The van der Waals surface area contributed by atoms with Crippen LogP contribution in [0.1, 0.15) is 16.9 Å². The van der Waals surface area contributed by atoms with Gasteiger partial charge in [-0.25, -0.2) is 9.78 Å². The molecule has 0 atom stereocenters. The number of rotatable bonds is 5. The molecule has 0 aromatic carbocycles. The molecule has 0 aliphatic rings. The van der Waals surface area contributed by atoms with Crippen molar-refractivity contribution in [1.29, 1.82) is 0 Å². The Kier molecular flexibility index (Phi) is 4.12. The maximum Gasteiger partial charge on any atom is 0.356 e. The molecule has 0 amide bonds. The van der Waals surface area contributed by atoms with Crippen molar-refractivity contribution < 1.29 is 14.6 Å². The monoisotopic (exact) mass is 227 g/mol. The van der Waals surface area contributed by atoms with Crippen LogP contribution < -0.4 is 4.74 Å². The summed E-state index contributed by atoms with van der Waals surface area (Å²) >= 11 is 5.64. The summed E-state index contributed by atoms with van der Waals surface area (Å²) in [6.45, 7) is 3.95. The quantitative estimate of drug-likeness (QED) is 0.620. The summed E-state index contributed by atoms with van der Waals surface area (Å²) in [5.41, 5.74) is -0.201. The van der Waals surface area contributed by atoms with Gasteiger partial charge >= 0.3 is 5.97 Å². The van der Waals surface area contributed by atoms with E-state index in [1.807, 2.05) is 0 Å². The summed E-state index contributed by atoms with van der Waals surface area (Å²) < 4.78 is 5.19. The number of hydrogen-bond donors (Lipinski definition) is 1. The molecule has 0 saturated heterocycles. The average Bonchev–Trinajstić information content (AvgIpc) is 2.20. The molecule has 5 heteroatoms. The Balaban J connectivity index is 2.78. The van der Waals surface area contributed by atoms with E-state index in [0.717, 1.165) is 0 Å². The number of hydrogen-bond acceptors (Lipinski definition) is 3. The third kappa shape index (κ3) is 3.25. The summed E-state index contributed by atoms with van der Waals surface area (Å²) in [7, 11) is 0. The summed E-state index contributed by atoms with van der Waals surface area (Å²) in [4.78, 5) is 14.4. The molecule has 0 unspecified atom stereocenters. The highest BCUT2D eigenvalue weighted by Gasteiger charge is 2.11. The van der Waals surface area contributed by atoms with E-state index in [1.165, 1.54) is 12.1 Å². The summed E-state index contributed by atoms with van der Waals surface area (Å²) in [6, 6.07) is 2.97. The minimum Gasteiger partial charge on any atom is -0.477 e. The molecule has 4 nitrogen and oxygen atoms in total. The molecule has 0 spiro atoms. The summed E-state index contributed by atoms with van der Waals surface area (Å²) in [5, 5.41) is 8.84. The minimum absolute atomic E-state index is 0.0959. The number of nitrogens with zero attached hydrogens (tertiary/aromatic N) is 1. The first-order chi connectivity index (χ1) is 7.15. The molecule has 1 N–H and O–H groups in total. The number of aromatic carboxylic acids is 1. The number of carbonyl (C=O) groups is 1. The number of ether oxygens (including phenoxy) is 1. The van der Waals surface area contributed by atoms with Crippen LogP contribution in [0.2, 0.25) is 5.02 Å². The molecule has 1 heterocycles. The van der Waals surface area contributed by atoms with Crippen molar-refractivity contribution in [3.05, 3.63) is 35.5 Å². The predicted molar refractivity (Wildman–Crippen MR) is 56.5 cm³/mol. The van der Waals surface area contributed by atoms with E-state index in [-0.39, 0.29) is 16.6 Å². The molecule has 0 fully saturated rings. The van der Waals surface area contributed by atoms with E-state index in [0.29, 0.717) is 13.0 Å². The highest BCUT2D eigenvalue weighted by Crippen LogP contribution is 2.17. The fourth-order valence-electron chi connectivity index (χ4n) is 0.901. The van der Waals surface area contributed by atoms with Gasteiger partial charge in [-0.15, -0.1) is 6.58 Å². The second-order valence-corrected chi connectivity index (χ2v) is 3.12. The maximum atomic E-state index is 10.7.